The fraction of sp³-hybridized carbons (Fsp3) is 0.462. The van der Waals surface area contributed by atoms with Gasteiger partial charge in [0.2, 0.25) is 0 Å². The van der Waals surface area contributed by atoms with Crippen molar-refractivity contribution in [3.05, 3.63) is 33.5 Å². The monoisotopic (exact) mass is 314 g/mol. The van der Waals surface area contributed by atoms with Gasteiger partial charge in [-0.25, -0.2) is 4.39 Å². The Morgan fingerprint density at radius 2 is 1.89 bits per heavy atom. The topological polar surface area (TPSA) is 23.6 Å². The first-order valence-electron chi connectivity index (χ1n) is 5.93. The zero-order valence-corrected chi connectivity index (χ0v) is 12.1. The van der Waals surface area contributed by atoms with Crippen LogP contribution in [0.5, 0.6) is 0 Å². The quantitative estimate of drug-likeness (QED) is 0.794. The Bertz CT molecular complexity index is 470. The van der Waals surface area contributed by atoms with Crippen molar-refractivity contribution >= 4 is 21.8 Å². The van der Waals surface area contributed by atoms with Crippen LogP contribution < -0.4 is 0 Å². The number of piperazine rings is 1. The molecule has 1 aliphatic heterocycles. The molecular formula is C13H16BrFN2O. The standard InChI is InChI=1S/C13H16BrFN2O/c1-9-3-4-10(14)11(12(9)15)13(18)17-7-5-16(2)6-8-17/h3-4H,5-8H2,1-2H3. The van der Waals surface area contributed by atoms with E-state index in [1.54, 1.807) is 24.0 Å². The molecule has 18 heavy (non-hydrogen) atoms. The van der Waals surface area contributed by atoms with Gasteiger partial charge in [0.25, 0.3) is 5.91 Å². The summed E-state index contributed by atoms with van der Waals surface area (Å²) >= 11 is 3.26. The maximum absolute atomic E-state index is 14.1. The van der Waals surface area contributed by atoms with Crippen molar-refractivity contribution in [1.82, 2.24) is 9.80 Å². The van der Waals surface area contributed by atoms with Crippen LogP contribution >= 0.6 is 15.9 Å². The molecule has 0 radical (unpaired) electrons. The first-order valence-corrected chi connectivity index (χ1v) is 6.72. The summed E-state index contributed by atoms with van der Waals surface area (Å²) in [6.45, 7) is 4.63. The smallest absolute Gasteiger partial charge is 0.258 e. The molecule has 5 heteroatoms. The number of hydrogen-bond donors (Lipinski definition) is 0. The Balaban J connectivity index is 2.26. The third kappa shape index (κ3) is 2.57. The second kappa shape index (κ2) is 5.36. The maximum atomic E-state index is 14.1. The lowest BCUT2D eigenvalue weighted by Gasteiger charge is -2.32. The van der Waals surface area contributed by atoms with E-state index in [0.29, 0.717) is 23.1 Å². The van der Waals surface area contributed by atoms with Gasteiger partial charge in [-0.05, 0) is 41.5 Å². The largest absolute Gasteiger partial charge is 0.336 e. The van der Waals surface area contributed by atoms with Gasteiger partial charge >= 0.3 is 0 Å². The molecule has 0 aliphatic carbocycles. The van der Waals surface area contributed by atoms with E-state index in [9.17, 15) is 9.18 Å². The lowest BCUT2D eigenvalue weighted by atomic mass is 10.1. The number of likely N-dealkylation sites (N-methyl/N-ethyl adjacent to an activating group) is 1. The molecule has 1 amide bonds. The highest BCUT2D eigenvalue weighted by Crippen LogP contribution is 2.24. The van der Waals surface area contributed by atoms with E-state index in [4.69, 9.17) is 0 Å². The molecule has 0 aromatic heterocycles. The molecule has 1 fully saturated rings. The van der Waals surface area contributed by atoms with Crippen molar-refractivity contribution in [3.8, 4) is 0 Å². The molecule has 1 aromatic carbocycles. The van der Waals surface area contributed by atoms with Gasteiger partial charge in [-0.3, -0.25) is 4.79 Å². The molecule has 2 rings (SSSR count). The molecule has 3 nitrogen and oxygen atoms in total. The molecule has 0 bridgehead atoms. The second-order valence-electron chi connectivity index (χ2n) is 4.65. The minimum absolute atomic E-state index is 0.152. The zero-order valence-electron chi connectivity index (χ0n) is 10.5. The summed E-state index contributed by atoms with van der Waals surface area (Å²) < 4.78 is 14.6. The van der Waals surface area contributed by atoms with Gasteiger partial charge in [0, 0.05) is 30.7 Å². The minimum Gasteiger partial charge on any atom is -0.336 e. The van der Waals surface area contributed by atoms with Crippen molar-refractivity contribution in [2.45, 2.75) is 6.92 Å². The van der Waals surface area contributed by atoms with E-state index in [2.05, 4.69) is 20.8 Å². The lowest BCUT2D eigenvalue weighted by molar-refractivity contribution is 0.0658. The third-order valence-electron chi connectivity index (χ3n) is 3.29. The number of halogens is 2. The Morgan fingerprint density at radius 1 is 1.28 bits per heavy atom. The fourth-order valence-electron chi connectivity index (χ4n) is 2.02. The molecule has 0 atom stereocenters. The van der Waals surface area contributed by atoms with Crippen molar-refractivity contribution in [3.63, 3.8) is 0 Å². The molecule has 0 unspecified atom stereocenters. The van der Waals surface area contributed by atoms with Gasteiger partial charge in [0.05, 0.1) is 5.56 Å². The number of rotatable bonds is 1. The van der Waals surface area contributed by atoms with Crippen LogP contribution in [0, 0.1) is 12.7 Å². The van der Waals surface area contributed by atoms with E-state index < -0.39 is 5.82 Å². The summed E-state index contributed by atoms with van der Waals surface area (Å²) in [5.74, 6) is -0.649. The maximum Gasteiger partial charge on any atom is 0.258 e. The number of benzene rings is 1. The molecule has 0 saturated carbocycles. The summed E-state index contributed by atoms with van der Waals surface area (Å²) in [6, 6.07) is 3.39. The Hall–Kier alpha value is -0.940. The van der Waals surface area contributed by atoms with E-state index in [-0.39, 0.29) is 11.5 Å². The Kier molecular flexibility index (Phi) is 4.02. The average molecular weight is 315 g/mol. The average Bonchev–Trinajstić information content (AvgIpc) is 2.35. The molecule has 98 valence electrons. The predicted molar refractivity (Wildman–Crippen MR) is 72.2 cm³/mol. The zero-order chi connectivity index (χ0) is 13.3. The first kappa shape index (κ1) is 13.5. The molecule has 1 heterocycles. The van der Waals surface area contributed by atoms with Crippen molar-refractivity contribution in [2.75, 3.05) is 33.2 Å². The highest BCUT2D eigenvalue weighted by atomic mass is 79.9. The van der Waals surface area contributed by atoms with Crippen LogP contribution in [0.2, 0.25) is 0 Å². The van der Waals surface area contributed by atoms with Crippen LogP contribution in [0.3, 0.4) is 0 Å². The van der Waals surface area contributed by atoms with Crippen LogP contribution in [0.15, 0.2) is 16.6 Å². The van der Waals surface area contributed by atoms with Gasteiger partial charge < -0.3 is 9.80 Å². The first-order chi connectivity index (χ1) is 8.50. The van der Waals surface area contributed by atoms with E-state index in [1.165, 1.54) is 0 Å². The minimum atomic E-state index is -0.423. The molecule has 0 spiro atoms. The molecule has 1 aromatic rings. The van der Waals surface area contributed by atoms with Gasteiger partial charge in [0.15, 0.2) is 0 Å². The number of carbonyl (C=O) groups is 1. The number of aryl methyl sites for hydroxylation is 1. The van der Waals surface area contributed by atoms with Crippen LogP contribution in [-0.2, 0) is 0 Å². The number of hydrogen-bond acceptors (Lipinski definition) is 2. The van der Waals surface area contributed by atoms with Crippen LogP contribution in [0.1, 0.15) is 15.9 Å². The van der Waals surface area contributed by atoms with Gasteiger partial charge in [-0.1, -0.05) is 6.07 Å². The molecular weight excluding hydrogens is 299 g/mol. The van der Waals surface area contributed by atoms with Crippen LogP contribution in [0.25, 0.3) is 0 Å². The van der Waals surface area contributed by atoms with E-state index in [0.717, 1.165) is 13.1 Å². The number of nitrogens with zero attached hydrogens (tertiary/aromatic N) is 2. The number of amides is 1. The highest BCUT2D eigenvalue weighted by molar-refractivity contribution is 9.10. The van der Waals surface area contributed by atoms with Crippen molar-refractivity contribution in [1.29, 1.82) is 0 Å². The Morgan fingerprint density at radius 3 is 2.50 bits per heavy atom. The van der Waals surface area contributed by atoms with E-state index >= 15 is 0 Å². The van der Waals surface area contributed by atoms with Gasteiger partial charge in [-0.15, -0.1) is 0 Å². The number of carbonyl (C=O) groups excluding carboxylic acids is 1. The summed E-state index contributed by atoms with van der Waals surface area (Å²) in [5, 5.41) is 0. The second-order valence-corrected chi connectivity index (χ2v) is 5.50. The summed E-state index contributed by atoms with van der Waals surface area (Å²) in [7, 11) is 2.02. The summed E-state index contributed by atoms with van der Waals surface area (Å²) in [6.07, 6.45) is 0. The highest BCUT2D eigenvalue weighted by Gasteiger charge is 2.25. The lowest BCUT2D eigenvalue weighted by Crippen LogP contribution is -2.47. The molecule has 1 aliphatic rings. The summed E-state index contributed by atoms with van der Waals surface area (Å²) in [4.78, 5) is 16.2. The summed E-state index contributed by atoms with van der Waals surface area (Å²) in [5.41, 5.74) is 0.648. The van der Waals surface area contributed by atoms with Crippen molar-refractivity contribution in [2.24, 2.45) is 0 Å². The molecule has 0 N–H and O–H groups in total. The van der Waals surface area contributed by atoms with E-state index in [1.807, 2.05) is 7.05 Å². The van der Waals surface area contributed by atoms with Crippen LogP contribution in [-0.4, -0.2) is 48.9 Å². The van der Waals surface area contributed by atoms with Crippen molar-refractivity contribution < 1.29 is 9.18 Å². The normalized spacial score (nSPS) is 17.0. The SMILES string of the molecule is Cc1ccc(Br)c(C(=O)N2CCN(C)CC2)c1F. The van der Waals surface area contributed by atoms with Gasteiger partial charge in [0.1, 0.15) is 5.82 Å². The Labute approximate surface area is 115 Å². The van der Waals surface area contributed by atoms with Crippen LogP contribution in [0.4, 0.5) is 4.39 Å². The third-order valence-corrected chi connectivity index (χ3v) is 3.95. The van der Waals surface area contributed by atoms with Gasteiger partial charge in [-0.2, -0.15) is 0 Å². The fourth-order valence-corrected chi connectivity index (χ4v) is 2.50. The molecule has 1 saturated heterocycles. The predicted octanol–water partition coefficient (Wildman–Crippen LogP) is 2.28.